The second-order valence-electron chi connectivity index (χ2n) is 5.19. The third-order valence-electron chi connectivity index (χ3n) is 2.85. The van der Waals surface area contributed by atoms with Gasteiger partial charge in [0.25, 0.3) is 0 Å². The third kappa shape index (κ3) is 7.88. The van der Waals surface area contributed by atoms with Crippen molar-refractivity contribution in [1.82, 2.24) is 19.5 Å². The molecule has 2 unspecified atom stereocenters. The summed E-state index contributed by atoms with van der Waals surface area (Å²) >= 11 is 0. The van der Waals surface area contributed by atoms with Crippen LogP contribution in [0.25, 0.3) is 11.2 Å². The summed E-state index contributed by atoms with van der Waals surface area (Å²) in [6.07, 6.45) is 0.869. The normalized spacial score (nSPS) is 17.5. The molecule has 0 aromatic carbocycles. The van der Waals surface area contributed by atoms with Crippen LogP contribution in [-0.4, -0.2) is 51.5 Å². The molecule has 2 heterocycles. The van der Waals surface area contributed by atoms with E-state index in [2.05, 4.69) is 23.6 Å². The summed E-state index contributed by atoms with van der Waals surface area (Å²) in [6, 6.07) is 0. The molecule has 28 heavy (non-hydrogen) atoms. The summed E-state index contributed by atoms with van der Waals surface area (Å²) in [6.45, 7) is 1.63. The number of ether oxygens (including phenoxy) is 1. The zero-order valence-corrected chi connectivity index (χ0v) is 19.3. The van der Waals surface area contributed by atoms with Gasteiger partial charge in [-0.1, -0.05) is 0 Å². The average molecular weight is 471 g/mol. The van der Waals surface area contributed by atoms with E-state index in [1.165, 1.54) is 24.1 Å². The number of nitrogens with two attached hydrogens (primary N) is 1. The Balaban J connectivity index is 0.00000392. The number of nitrogens with zero attached hydrogens (tertiary/aromatic N) is 4. The van der Waals surface area contributed by atoms with Gasteiger partial charge in [0.2, 0.25) is 0 Å². The molecule has 19 heteroatoms. The number of phosphoric acid groups is 2. The van der Waals surface area contributed by atoms with Gasteiger partial charge in [0.1, 0.15) is 18.2 Å². The monoisotopic (exact) mass is 471 g/mol. The Morgan fingerprint density at radius 2 is 1.82 bits per heavy atom. The summed E-state index contributed by atoms with van der Waals surface area (Å²) < 4.78 is 47.6. The van der Waals surface area contributed by atoms with Gasteiger partial charge in [0.15, 0.2) is 11.5 Å². The predicted molar refractivity (Wildman–Crippen MR) is 90.1 cm³/mol. The van der Waals surface area contributed by atoms with Gasteiger partial charge in [-0.05, 0) is 6.92 Å². The van der Waals surface area contributed by atoms with E-state index >= 15 is 0 Å². The Labute approximate surface area is 181 Å². The smallest absolute Gasteiger partial charge is 1.00 e. The number of rotatable bonds is 9. The minimum absolute atomic E-state index is 0. The fourth-order valence-corrected chi connectivity index (χ4v) is 5.30. The molecule has 0 aliphatic carbocycles. The Morgan fingerprint density at radius 3 is 2.43 bits per heavy atom. The fourth-order valence-electron chi connectivity index (χ4n) is 1.92. The summed E-state index contributed by atoms with van der Waals surface area (Å²) in [5, 5.41) is 0. The average Bonchev–Trinajstić information content (AvgIpc) is 2.86. The maximum atomic E-state index is 11.8. The second-order valence-corrected chi connectivity index (χ2v) is 9.95. The molecule has 2 aromatic rings. The maximum absolute atomic E-state index is 11.8. The Hall–Kier alpha value is -0.240. The molecule has 0 spiro atoms. The molecule has 0 saturated carbocycles. The third-order valence-corrected chi connectivity index (χ3v) is 6.84. The molecule has 0 bridgehead atoms. The molecule has 0 amide bonds. The van der Waals surface area contributed by atoms with Crippen LogP contribution in [0, 0.1) is 0 Å². The molecular formula is C9H17N5NaO10P3. The van der Waals surface area contributed by atoms with Gasteiger partial charge in [-0.2, -0.15) is 4.31 Å². The zero-order valence-electron chi connectivity index (χ0n) is 15.6. The molecule has 2 rings (SSSR count). The van der Waals surface area contributed by atoms with Gasteiger partial charge in [-0.25, -0.2) is 28.4 Å². The fraction of sp³-hybridized carbons (Fsp3) is 0.444. The first-order valence-electron chi connectivity index (χ1n) is 6.94. The number of anilines is 1. The van der Waals surface area contributed by atoms with Crippen molar-refractivity contribution in [2.24, 2.45) is 0 Å². The van der Waals surface area contributed by atoms with E-state index in [1.54, 1.807) is 0 Å². The first kappa shape index (κ1) is 25.8. The molecule has 0 fully saturated rings. The summed E-state index contributed by atoms with van der Waals surface area (Å²) in [5.41, 5.74) is 6.41. The van der Waals surface area contributed by atoms with E-state index in [4.69, 9.17) is 25.2 Å². The van der Waals surface area contributed by atoms with Crippen LogP contribution >= 0.6 is 23.2 Å². The van der Waals surface area contributed by atoms with Crippen molar-refractivity contribution in [3.63, 3.8) is 0 Å². The van der Waals surface area contributed by atoms with Crippen LogP contribution in [0.1, 0.15) is 8.35 Å². The van der Waals surface area contributed by atoms with Crippen LogP contribution in [0.4, 0.5) is 5.82 Å². The van der Waals surface area contributed by atoms with Crippen LogP contribution in [0.15, 0.2) is 12.7 Å². The zero-order chi connectivity index (χ0) is 20.5. The van der Waals surface area contributed by atoms with Gasteiger partial charge in [-0.3, -0.25) is 4.57 Å². The molecule has 15 nitrogen and oxygen atoms in total. The van der Waals surface area contributed by atoms with E-state index in [0.717, 1.165) is 0 Å². The summed E-state index contributed by atoms with van der Waals surface area (Å²) in [5.74, 6) is 0.171. The summed E-state index contributed by atoms with van der Waals surface area (Å²) in [7, 11) is -15.8. The molecule has 0 aliphatic rings. The largest absolute Gasteiger partial charge is 1.00 e. The van der Waals surface area contributed by atoms with Gasteiger partial charge in [0.05, 0.1) is 19.0 Å². The Morgan fingerprint density at radius 1 is 1.18 bits per heavy atom. The number of imidazole rings is 1. The number of fused-ring (bicyclic) bond motifs is 1. The van der Waals surface area contributed by atoms with Crippen LogP contribution in [-0.2, 0) is 33.6 Å². The molecule has 0 saturated heterocycles. The first-order chi connectivity index (χ1) is 12.3. The topological polar surface area (TPSA) is 229 Å². The van der Waals surface area contributed by atoms with Crippen LogP contribution in [0.5, 0.6) is 0 Å². The molecular weight excluding hydrogens is 454 g/mol. The van der Waals surface area contributed by atoms with Crippen molar-refractivity contribution < 1.29 is 77.6 Å². The van der Waals surface area contributed by atoms with Gasteiger partial charge in [-0.15, -0.1) is 0 Å². The quantitative estimate of drug-likeness (QED) is 0.185. The van der Waals surface area contributed by atoms with Gasteiger partial charge in [0, 0.05) is 0 Å². The molecule has 0 aliphatic heterocycles. The molecule has 2 aromatic heterocycles. The van der Waals surface area contributed by atoms with E-state index in [0.29, 0.717) is 11.2 Å². The molecule has 154 valence electrons. The second kappa shape index (κ2) is 9.71. The maximum Gasteiger partial charge on any atom is 1.00 e. The molecule has 3 atom stereocenters. The minimum atomic E-state index is -5.49. The standard InChI is InChI=1S/C9H16N5O10P3.Na.H/c1-6(2-14-4-13-7-8(10)11-3-12-9(7)14)22-5-25(15,16)23-27(20,21)24-26(17,18)19;;/h3-4,6H,2,5H2,1H3,(H,15,16)(H,20,21)(H2,10,11,12)(H2,17,18,19);;/q;+1;-1/t6-;;/m1../s1. The Bertz CT molecular complexity index is 971. The van der Waals surface area contributed by atoms with E-state index < -0.39 is 35.7 Å². The minimum Gasteiger partial charge on any atom is -1.00 e. The number of nitrogen functional groups attached to an aromatic ring is 1. The summed E-state index contributed by atoms with van der Waals surface area (Å²) in [4.78, 5) is 47.4. The predicted octanol–water partition coefficient (Wildman–Crippen LogP) is -2.70. The first-order valence-corrected chi connectivity index (χ1v) is 11.7. The van der Waals surface area contributed by atoms with Gasteiger partial charge < -0.3 is 36.0 Å². The number of hydrogen-bond donors (Lipinski definition) is 5. The SMILES string of the molecule is C[C@H](Cn1cnc2c(N)ncnc21)OCP(=O)(O)OP(=O)(O)OP(=O)(O)O.[H-].[Na+]. The van der Waals surface area contributed by atoms with Crippen LogP contribution < -0.4 is 35.3 Å². The van der Waals surface area contributed by atoms with Crippen molar-refractivity contribution in [3.05, 3.63) is 12.7 Å². The molecule has 6 N–H and O–H groups in total. The van der Waals surface area contributed by atoms with Crippen molar-refractivity contribution >= 4 is 40.2 Å². The Kier molecular flexibility index (Phi) is 8.95. The van der Waals surface area contributed by atoms with E-state index in [1.807, 2.05) is 0 Å². The number of hydrogen-bond acceptors (Lipinski definition) is 10. The van der Waals surface area contributed by atoms with E-state index in [9.17, 15) is 18.6 Å². The van der Waals surface area contributed by atoms with Crippen molar-refractivity contribution in [3.8, 4) is 0 Å². The van der Waals surface area contributed by atoms with Crippen LogP contribution in [0.3, 0.4) is 0 Å². The van der Waals surface area contributed by atoms with Crippen molar-refractivity contribution in [1.29, 1.82) is 0 Å². The van der Waals surface area contributed by atoms with Crippen LogP contribution in [0.2, 0.25) is 0 Å². The van der Waals surface area contributed by atoms with Crippen molar-refractivity contribution in [2.45, 2.75) is 19.6 Å². The molecule has 0 radical (unpaired) electrons. The van der Waals surface area contributed by atoms with E-state index in [-0.39, 0.29) is 43.3 Å². The van der Waals surface area contributed by atoms with Gasteiger partial charge >= 0.3 is 52.8 Å². The number of aromatic nitrogens is 4. The van der Waals surface area contributed by atoms with Crippen molar-refractivity contribution in [2.75, 3.05) is 12.1 Å².